The molecule has 0 aliphatic heterocycles. The Bertz CT molecular complexity index is 1440. The van der Waals surface area contributed by atoms with Crippen LogP contribution in [0.25, 0.3) is 15.9 Å². The van der Waals surface area contributed by atoms with Gasteiger partial charge in [-0.1, -0.05) is 30.0 Å². The van der Waals surface area contributed by atoms with Crippen molar-refractivity contribution >= 4 is 50.7 Å². The van der Waals surface area contributed by atoms with Crippen molar-refractivity contribution < 1.29 is 9.59 Å². The molecule has 34 heavy (non-hydrogen) atoms. The molecule has 1 aliphatic rings. The molecule has 0 bridgehead atoms. The van der Waals surface area contributed by atoms with Gasteiger partial charge in [0.25, 0.3) is 5.56 Å². The molecule has 0 atom stereocenters. The van der Waals surface area contributed by atoms with E-state index in [9.17, 15) is 14.4 Å². The number of hydrogen-bond acceptors (Lipinski definition) is 6. The Hall–Kier alpha value is -3.23. The van der Waals surface area contributed by atoms with Gasteiger partial charge >= 0.3 is 0 Å². The number of para-hydroxylation sites is 1. The number of benzene rings is 2. The second kappa shape index (κ2) is 9.56. The highest BCUT2D eigenvalue weighted by Crippen LogP contribution is 2.35. The predicted octanol–water partition coefficient (Wildman–Crippen LogP) is 5.26. The fourth-order valence-corrected chi connectivity index (χ4v) is 6.32. The highest BCUT2D eigenvalue weighted by atomic mass is 32.2. The number of carbonyl (C=O) groups is 2. The number of Topliss-reactive ketones (excluding diaryl/α,β-unsaturated/α-hetero) is 1. The van der Waals surface area contributed by atoms with E-state index in [-0.39, 0.29) is 23.0 Å². The average Bonchev–Trinajstić information content (AvgIpc) is 3.22. The number of thiophene rings is 1. The van der Waals surface area contributed by atoms with Crippen molar-refractivity contribution in [1.82, 2.24) is 9.55 Å². The number of rotatable bonds is 6. The first-order chi connectivity index (χ1) is 16.5. The highest BCUT2D eigenvalue weighted by Gasteiger charge is 2.23. The second-order valence-corrected chi connectivity index (χ2v) is 10.3. The number of thioether (sulfide) groups is 1. The molecule has 0 saturated heterocycles. The third-order valence-electron chi connectivity index (χ3n) is 5.88. The Balaban J connectivity index is 1.45. The van der Waals surface area contributed by atoms with E-state index in [1.54, 1.807) is 40.2 Å². The standard InChI is InChI=1S/C26H23N3O3S2/c1-16(30)17-11-13-18(14-12-17)27-22(31)15-33-26-28-24-23(20-9-5-6-10-21(20)34-24)25(32)29(26)19-7-3-2-4-8-19/h2-4,7-8,11-14H,5-6,9-10,15H2,1H3,(H,27,31). The van der Waals surface area contributed by atoms with Crippen molar-refractivity contribution in [2.45, 2.75) is 37.8 Å². The monoisotopic (exact) mass is 489 g/mol. The molecular weight excluding hydrogens is 466 g/mol. The summed E-state index contributed by atoms with van der Waals surface area (Å²) in [4.78, 5) is 44.7. The van der Waals surface area contributed by atoms with Gasteiger partial charge in [-0.2, -0.15) is 0 Å². The van der Waals surface area contributed by atoms with Crippen LogP contribution in [-0.4, -0.2) is 27.0 Å². The van der Waals surface area contributed by atoms with Gasteiger partial charge in [-0.25, -0.2) is 4.98 Å². The molecule has 0 radical (unpaired) electrons. The summed E-state index contributed by atoms with van der Waals surface area (Å²) in [6.45, 7) is 1.50. The molecule has 2 aromatic heterocycles. The van der Waals surface area contributed by atoms with Crippen LogP contribution < -0.4 is 10.9 Å². The van der Waals surface area contributed by atoms with Crippen LogP contribution in [-0.2, 0) is 17.6 Å². The fraction of sp³-hybridized carbons (Fsp3) is 0.231. The lowest BCUT2D eigenvalue weighted by molar-refractivity contribution is -0.113. The maximum Gasteiger partial charge on any atom is 0.267 e. The minimum atomic E-state index is -0.208. The first-order valence-electron chi connectivity index (χ1n) is 11.2. The van der Waals surface area contributed by atoms with Gasteiger partial charge in [-0.15, -0.1) is 11.3 Å². The molecule has 2 aromatic carbocycles. The molecule has 1 aliphatic carbocycles. The number of amides is 1. The summed E-state index contributed by atoms with van der Waals surface area (Å²) < 4.78 is 1.63. The first kappa shape index (κ1) is 22.6. The normalized spacial score (nSPS) is 13.0. The van der Waals surface area contributed by atoms with Crippen LogP contribution in [0.3, 0.4) is 0 Å². The second-order valence-electron chi connectivity index (χ2n) is 8.23. The van der Waals surface area contributed by atoms with Gasteiger partial charge in [0.1, 0.15) is 4.83 Å². The van der Waals surface area contributed by atoms with E-state index >= 15 is 0 Å². The van der Waals surface area contributed by atoms with Gasteiger partial charge in [-0.05, 0) is 74.6 Å². The molecule has 6 nitrogen and oxygen atoms in total. The Morgan fingerprint density at radius 1 is 1.06 bits per heavy atom. The van der Waals surface area contributed by atoms with Crippen molar-refractivity contribution in [3.8, 4) is 5.69 Å². The van der Waals surface area contributed by atoms with Crippen LogP contribution in [0, 0.1) is 0 Å². The molecule has 0 unspecified atom stereocenters. The van der Waals surface area contributed by atoms with Crippen molar-refractivity contribution in [3.63, 3.8) is 0 Å². The van der Waals surface area contributed by atoms with Gasteiger partial charge in [0.2, 0.25) is 5.91 Å². The summed E-state index contributed by atoms with van der Waals surface area (Å²) in [5, 5.41) is 4.07. The fourth-order valence-electron chi connectivity index (χ4n) is 4.20. The highest BCUT2D eigenvalue weighted by molar-refractivity contribution is 7.99. The summed E-state index contributed by atoms with van der Waals surface area (Å²) >= 11 is 2.85. The lowest BCUT2D eigenvalue weighted by Crippen LogP contribution is -2.23. The lowest BCUT2D eigenvalue weighted by atomic mass is 9.97. The maximum absolute atomic E-state index is 13.7. The van der Waals surface area contributed by atoms with Crippen LogP contribution in [0.15, 0.2) is 64.5 Å². The number of hydrogen-bond donors (Lipinski definition) is 1. The molecule has 0 spiro atoms. The number of anilines is 1. The summed E-state index contributed by atoms with van der Waals surface area (Å²) in [5.74, 6) is -0.131. The summed E-state index contributed by atoms with van der Waals surface area (Å²) in [5.41, 5.74) is 3.02. The Morgan fingerprint density at radius 3 is 2.53 bits per heavy atom. The summed E-state index contributed by atoms with van der Waals surface area (Å²) in [6.07, 6.45) is 4.14. The largest absolute Gasteiger partial charge is 0.325 e. The van der Waals surface area contributed by atoms with Crippen LogP contribution in [0.4, 0.5) is 5.69 Å². The van der Waals surface area contributed by atoms with E-state index < -0.39 is 0 Å². The zero-order chi connectivity index (χ0) is 23.7. The summed E-state index contributed by atoms with van der Waals surface area (Å²) in [7, 11) is 0. The molecule has 0 saturated carbocycles. The third-order valence-corrected chi connectivity index (χ3v) is 8.00. The minimum absolute atomic E-state index is 0.0240. The third kappa shape index (κ3) is 4.43. The van der Waals surface area contributed by atoms with Crippen LogP contribution >= 0.6 is 23.1 Å². The molecule has 4 aromatic rings. The maximum atomic E-state index is 13.7. The van der Waals surface area contributed by atoms with Gasteiger partial charge in [0, 0.05) is 16.1 Å². The molecule has 1 amide bonds. The van der Waals surface area contributed by atoms with Gasteiger partial charge < -0.3 is 5.32 Å². The van der Waals surface area contributed by atoms with E-state index in [0.717, 1.165) is 47.2 Å². The van der Waals surface area contributed by atoms with E-state index in [1.165, 1.54) is 23.6 Å². The Kier molecular flexibility index (Phi) is 6.34. The van der Waals surface area contributed by atoms with Crippen molar-refractivity contribution in [2.24, 2.45) is 0 Å². The van der Waals surface area contributed by atoms with Gasteiger partial charge in [-0.3, -0.25) is 19.0 Å². The smallest absolute Gasteiger partial charge is 0.267 e. The molecule has 5 rings (SSSR count). The van der Waals surface area contributed by atoms with E-state index in [1.807, 2.05) is 30.3 Å². The number of nitrogens with zero attached hydrogens (tertiary/aromatic N) is 2. The molecule has 8 heteroatoms. The first-order valence-corrected chi connectivity index (χ1v) is 13.0. The summed E-state index contributed by atoms with van der Waals surface area (Å²) in [6, 6.07) is 16.2. The van der Waals surface area contributed by atoms with Crippen LogP contribution in [0.1, 0.15) is 40.6 Å². The Labute approximate surface area is 205 Å². The van der Waals surface area contributed by atoms with Gasteiger partial charge in [0.15, 0.2) is 10.9 Å². The SMILES string of the molecule is CC(=O)c1ccc(NC(=O)CSc2nc3sc4c(c3c(=O)n2-c2ccccc2)CCCC4)cc1. The van der Waals surface area contributed by atoms with Crippen LogP contribution in [0.5, 0.6) is 0 Å². The van der Waals surface area contributed by atoms with Crippen molar-refractivity contribution in [2.75, 3.05) is 11.1 Å². The van der Waals surface area contributed by atoms with E-state index in [2.05, 4.69) is 5.32 Å². The zero-order valence-electron chi connectivity index (χ0n) is 18.7. The minimum Gasteiger partial charge on any atom is -0.325 e. The topological polar surface area (TPSA) is 81.1 Å². The number of fused-ring (bicyclic) bond motifs is 3. The predicted molar refractivity (Wildman–Crippen MR) is 138 cm³/mol. The van der Waals surface area contributed by atoms with Crippen molar-refractivity contribution in [3.05, 3.63) is 81.0 Å². The number of nitrogens with one attached hydrogen (secondary N) is 1. The number of carbonyl (C=O) groups excluding carboxylic acids is 2. The number of aryl methyl sites for hydroxylation is 2. The van der Waals surface area contributed by atoms with Gasteiger partial charge in [0.05, 0.1) is 16.8 Å². The van der Waals surface area contributed by atoms with Crippen molar-refractivity contribution in [1.29, 1.82) is 0 Å². The van der Waals surface area contributed by atoms with E-state index in [0.29, 0.717) is 16.4 Å². The molecule has 0 fully saturated rings. The Morgan fingerprint density at radius 2 is 1.79 bits per heavy atom. The van der Waals surface area contributed by atoms with E-state index in [4.69, 9.17) is 4.98 Å². The van der Waals surface area contributed by atoms with Crippen LogP contribution in [0.2, 0.25) is 0 Å². The molecule has 172 valence electrons. The molecule has 2 heterocycles. The lowest BCUT2D eigenvalue weighted by Gasteiger charge is -2.13. The number of ketones is 1. The average molecular weight is 490 g/mol. The number of aromatic nitrogens is 2. The quantitative estimate of drug-likeness (QED) is 0.227. The molecular formula is C26H23N3O3S2. The molecule has 1 N–H and O–H groups in total. The zero-order valence-corrected chi connectivity index (χ0v) is 20.3.